The molecule has 0 bridgehead atoms. The topological polar surface area (TPSA) is 49.3 Å². The fraction of sp³-hybridized carbons (Fsp3) is 0.533. The van der Waals surface area contributed by atoms with Crippen molar-refractivity contribution in [2.24, 2.45) is 5.92 Å². The number of nitrogens with one attached hydrogen (secondary N) is 1. The summed E-state index contributed by atoms with van der Waals surface area (Å²) in [5, 5.41) is 12.2. The molecule has 0 saturated carbocycles. The van der Waals surface area contributed by atoms with Gasteiger partial charge in [0.2, 0.25) is 0 Å². The SMILES string of the molecule is Cc1cc(C(=O)NCC(C)CC(C)O)c(C)cc1Br. The Morgan fingerprint density at radius 2 is 1.95 bits per heavy atom. The molecule has 2 N–H and O–H groups in total. The zero-order chi connectivity index (χ0) is 14.6. The van der Waals surface area contributed by atoms with Gasteiger partial charge in [-0.2, -0.15) is 0 Å². The Hall–Kier alpha value is -0.870. The molecule has 0 saturated heterocycles. The van der Waals surface area contributed by atoms with Crippen molar-refractivity contribution in [2.45, 2.75) is 40.2 Å². The molecule has 0 aliphatic carbocycles. The van der Waals surface area contributed by atoms with Crippen LogP contribution >= 0.6 is 15.9 Å². The van der Waals surface area contributed by atoms with E-state index in [1.165, 1.54) is 0 Å². The Kier molecular flexibility index (Phi) is 6.01. The number of carbonyl (C=O) groups excluding carboxylic acids is 1. The van der Waals surface area contributed by atoms with Crippen LogP contribution in [-0.4, -0.2) is 23.7 Å². The number of amides is 1. The summed E-state index contributed by atoms with van der Waals surface area (Å²) < 4.78 is 1.02. The minimum atomic E-state index is -0.330. The summed E-state index contributed by atoms with van der Waals surface area (Å²) in [6.07, 6.45) is 0.363. The van der Waals surface area contributed by atoms with E-state index in [0.717, 1.165) is 15.6 Å². The van der Waals surface area contributed by atoms with Crippen LogP contribution in [0.2, 0.25) is 0 Å². The van der Waals surface area contributed by atoms with Gasteiger partial charge in [0.05, 0.1) is 6.10 Å². The molecule has 0 aliphatic heterocycles. The number of aliphatic hydroxyl groups is 1. The van der Waals surface area contributed by atoms with Gasteiger partial charge in [-0.05, 0) is 56.4 Å². The molecular formula is C15H22BrNO2. The molecule has 1 aromatic carbocycles. The van der Waals surface area contributed by atoms with Gasteiger partial charge in [-0.1, -0.05) is 22.9 Å². The fourth-order valence-corrected chi connectivity index (χ4v) is 2.51. The predicted octanol–water partition coefficient (Wildman–Crippen LogP) is 3.20. The molecule has 1 aromatic rings. The Morgan fingerprint density at radius 3 is 2.53 bits per heavy atom. The summed E-state index contributed by atoms with van der Waals surface area (Å²) in [5.41, 5.74) is 2.72. The van der Waals surface area contributed by atoms with E-state index < -0.39 is 0 Å². The van der Waals surface area contributed by atoms with Crippen molar-refractivity contribution in [3.05, 3.63) is 33.3 Å². The Labute approximate surface area is 123 Å². The van der Waals surface area contributed by atoms with Gasteiger partial charge >= 0.3 is 0 Å². The van der Waals surface area contributed by atoms with Gasteiger partial charge in [0, 0.05) is 16.6 Å². The van der Waals surface area contributed by atoms with E-state index in [9.17, 15) is 9.90 Å². The predicted molar refractivity (Wildman–Crippen MR) is 81.4 cm³/mol. The summed E-state index contributed by atoms with van der Waals surface area (Å²) in [6, 6.07) is 3.86. The smallest absolute Gasteiger partial charge is 0.251 e. The minimum absolute atomic E-state index is 0.0504. The van der Waals surface area contributed by atoms with Gasteiger partial charge < -0.3 is 10.4 Å². The van der Waals surface area contributed by atoms with Crippen LogP contribution in [0.3, 0.4) is 0 Å². The zero-order valence-electron chi connectivity index (χ0n) is 12.0. The van der Waals surface area contributed by atoms with Crippen molar-refractivity contribution in [1.82, 2.24) is 5.32 Å². The van der Waals surface area contributed by atoms with E-state index in [0.29, 0.717) is 18.5 Å². The molecule has 0 spiro atoms. The number of benzene rings is 1. The van der Waals surface area contributed by atoms with Gasteiger partial charge in [0.15, 0.2) is 0 Å². The summed E-state index contributed by atoms with van der Waals surface area (Å²) in [4.78, 5) is 12.1. The van der Waals surface area contributed by atoms with Gasteiger partial charge in [-0.15, -0.1) is 0 Å². The third-order valence-corrected chi connectivity index (χ3v) is 3.96. The first-order valence-electron chi connectivity index (χ1n) is 6.54. The lowest BCUT2D eigenvalue weighted by molar-refractivity contribution is 0.0938. The van der Waals surface area contributed by atoms with Crippen LogP contribution in [0.25, 0.3) is 0 Å². The monoisotopic (exact) mass is 327 g/mol. The van der Waals surface area contributed by atoms with Crippen molar-refractivity contribution in [3.63, 3.8) is 0 Å². The highest BCUT2D eigenvalue weighted by molar-refractivity contribution is 9.10. The van der Waals surface area contributed by atoms with E-state index in [-0.39, 0.29) is 17.9 Å². The highest BCUT2D eigenvalue weighted by atomic mass is 79.9. The standard InChI is InChI=1S/C15H22BrNO2/c1-9(5-12(4)18)8-17-15(19)13-6-11(3)14(16)7-10(13)2/h6-7,9,12,18H,5,8H2,1-4H3,(H,17,19). The van der Waals surface area contributed by atoms with Crippen LogP contribution in [0, 0.1) is 19.8 Å². The van der Waals surface area contributed by atoms with E-state index in [1.807, 2.05) is 32.9 Å². The maximum Gasteiger partial charge on any atom is 0.251 e. The number of aryl methyl sites for hydroxylation is 2. The van der Waals surface area contributed by atoms with Crippen molar-refractivity contribution < 1.29 is 9.90 Å². The Balaban J connectivity index is 2.66. The van der Waals surface area contributed by atoms with Crippen molar-refractivity contribution >= 4 is 21.8 Å². The fourth-order valence-electron chi connectivity index (χ4n) is 2.05. The summed E-state index contributed by atoms with van der Waals surface area (Å²) in [5.74, 6) is 0.214. The van der Waals surface area contributed by atoms with Crippen LogP contribution < -0.4 is 5.32 Å². The number of rotatable bonds is 5. The van der Waals surface area contributed by atoms with E-state index in [4.69, 9.17) is 0 Å². The van der Waals surface area contributed by atoms with Crippen LogP contribution in [-0.2, 0) is 0 Å². The van der Waals surface area contributed by atoms with E-state index in [1.54, 1.807) is 6.92 Å². The zero-order valence-corrected chi connectivity index (χ0v) is 13.5. The second kappa shape index (κ2) is 7.06. The summed E-state index contributed by atoms with van der Waals surface area (Å²) in [7, 11) is 0. The molecular weight excluding hydrogens is 306 g/mol. The molecule has 0 aliphatic rings. The molecule has 19 heavy (non-hydrogen) atoms. The lowest BCUT2D eigenvalue weighted by Gasteiger charge is -2.15. The van der Waals surface area contributed by atoms with E-state index >= 15 is 0 Å². The van der Waals surface area contributed by atoms with Gasteiger partial charge in [-0.3, -0.25) is 4.79 Å². The lowest BCUT2D eigenvalue weighted by atomic mass is 10.0. The first-order valence-corrected chi connectivity index (χ1v) is 7.33. The minimum Gasteiger partial charge on any atom is -0.393 e. The number of aliphatic hydroxyl groups excluding tert-OH is 1. The average molecular weight is 328 g/mol. The van der Waals surface area contributed by atoms with E-state index in [2.05, 4.69) is 21.2 Å². The second-order valence-corrected chi connectivity index (χ2v) is 6.17. The summed E-state index contributed by atoms with van der Waals surface area (Å²) in [6.45, 7) is 8.26. The van der Waals surface area contributed by atoms with Crippen LogP contribution in [0.15, 0.2) is 16.6 Å². The first kappa shape index (κ1) is 16.2. The molecule has 2 unspecified atom stereocenters. The molecule has 1 rings (SSSR count). The molecule has 0 aromatic heterocycles. The molecule has 0 heterocycles. The number of hydrogen-bond donors (Lipinski definition) is 2. The Morgan fingerprint density at radius 1 is 1.32 bits per heavy atom. The summed E-state index contributed by atoms with van der Waals surface area (Å²) >= 11 is 3.46. The molecule has 4 heteroatoms. The number of hydrogen-bond acceptors (Lipinski definition) is 2. The number of halogens is 1. The highest BCUT2D eigenvalue weighted by Gasteiger charge is 2.13. The Bertz CT molecular complexity index is 458. The van der Waals surface area contributed by atoms with Gasteiger partial charge in [0.25, 0.3) is 5.91 Å². The lowest BCUT2D eigenvalue weighted by Crippen LogP contribution is -2.30. The molecule has 3 nitrogen and oxygen atoms in total. The third-order valence-electron chi connectivity index (χ3n) is 3.10. The molecule has 0 radical (unpaired) electrons. The number of carbonyl (C=O) groups is 1. The third kappa shape index (κ3) is 4.96. The quantitative estimate of drug-likeness (QED) is 0.872. The average Bonchev–Trinajstić information content (AvgIpc) is 2.30. The normalized spacial score (nSPS) is 14.0. The van der Waals surface area contributed by atoms with Crippen molar-refractivity contribution in [2.75, 3.05) is 6.54 Å². The first-order chi connectivity index (χ1) is 8.81. The van der Waals surface area contributed by atoms with Crippen LogP contribution in [0.4, 0.5) is 0 Å². The second-order valence-electron chi connectivity index (χ2n) is 5.32. The highest BCUT2D eigenvalue weighted by Crippen LogP contribution is 2.21. The largest absolute Gasteiger partial charge is 0.393 e. The van der Waals surface area contributed by atoms with Gasteiger partial charge in [-0.25, -0.2) is 0 Å². The maximum atomic E-state index is 12.1. The molecule has 1 amide bonds. The van der Waals surface area contributed by atoms with Crippen molar-refractivity contribution in [3.8, 4) is 0 Å². The maximum absolute atomic E-state index is 12.1. The molecule has 106 valence electrons. The van der Waals surface area contributed by atoms with Crippen LogP contribution in [0.1, 0.15) is 41.8 Å². The van der Waals surface area contributed by atoms with Crippen molar-refractivity contribution in [1.29, 1.82) is 0 Å². The molecule has 0 fully saturated rings. The van der Waals surface area contributed by atoms with Crippen LogP contribution in [0.5, 0.6) is 0 Å². The van der Waals surface area contributed by atoms with Gasteiger partial charge in [0.1, 0.15) is 0 Å². The molecule has 2 atom stereocenters.